The van der Waals surface area contributed by atoms with Crippen LogP contribution in [0.1, 0.15) is 19.3 Å². The van der Waals surface area contributed by atoms with E-state index in [1.807, 2.05) is 0 Å². The van der Waals surface area contributed by atoms with Crippen molar-refractivity contribution in [1.82, 2.24) is 9.88 Å². The Kier molecular flexibility index (Phi) is 4.07. The molecule has 17 heavy (non-hydrogen) atoms. The lowest BCUT2D eigenvalue weighted by atomic mass is 10.1. The maximum absolute atomic E-state index is 5.77. The van der Waals surface area contributed by atoms with Crippen molar-refractivity contribution < 1.29 is 4.74 Å². The number of hydrogen-bond acceptors (Lipinski definition) is 4. The van der Waals surface area contributed by atoms with E-state index in [9.17, 15) is 0 Å². The first kappa shape index (κ1) is 12.5. The summed E-state index contributed by atoms with van der Waals surface area (Å²) in [4.78, 5) is 6.45. The average molecular weight is 256 g/mol. The minimum atomic E-state index is 0.482. The van der Waals surface area contributed by atoms with Crippen LogP contribution in [0.5, 0.6) is 5.88 Å². The van der Waals surface area contributed by atoms with Crippen molar-refractivity contribution in [3.05, 3.63) is 17.3 Å². The van der Waals surface area contributed by atoms with Crippen molar-refractivity contribution >= 4 is 17.3 Å². The lowest BCUT2D eigenvalue weighted by Crippen LogP contribution is -2.26. The van der Waals surface area contributed by atoms with E-state index in [1.54, 1.807) is 12.3 Å². The van der Waals surface area contributed by atoms with Crippen LogP contribution < -0.4 is 10.5 Å². The van der Waals surface area contributed by atoms with Gasteiger partial charge in [-0.15, -0.1) is 0 Å². The summed E-state index contributed by atoms with van der Waals surface area (Å²) < 4.78 is 5.58. The summed E-state index contributed by atoms with van der Waals surface area (Å²) in [5.74, 6) is 0.482. The van der Waals surface area contributed by atoms with Gasteiger partial charge in [0.1, 0.15) is 0 Å². The van der Waals surface area contributed by atoms with Crippen LogP contribution in [-0.4, -0.2) is 36.1 Å². The monoisotopic (exact) mass is 255 g/mol. The van der Waals surface area contributed by atoms with Crippen LogP contribution in [0.25, 0.3) is 0 Å². The minimum Gasteiger partial charge on any atom is -0.476 e. The van der Waals surface area contributed by atoms with Crippen molar-refractivity contribution in [3.63, 3.8) is 0 Å². The van der Waals surface area contributed by atoms with Crippen molar-refractivity contribution in [1.29, 1.82) is 0 Å². The Morgan fingerprint density at radius 2 is 2.47 bits per heavy atom. The molecule has 5 heteroatoms. The Bertz CT molecular complexity index is 386. The molecule has 1 aromatic rings. The maximum Gasteiger partial charge on any atom is 0.237 e. The van der Waals surface area contributed by atoms with Crippen molar-refractivity contribution in [2.24, 2.45) is 0 Å². The second-order valence-corrected chi connectivity index (χ2v) is 4.90. The van der Waals surface area contributed by atoms with E-state index in [2.05, 4.69) is 16.9 Å². The predicted octanol–water partition coefficient (Wildman–Crippen LogP) is 2.18. The van der Waals surface area contributed by atoms with Crippen molar-refractivity contribution in [2.45, 2.75) is 25.3 Å². The first-order chi connectivity index (χ1) is 8.16. The highest BCUT2D eigenvalue weighted by atomic mass is 35.5. The fourth-order valence-corrected chi connectivity index (χ4v) is 2.36. The number of ether oxygens (including phenoxy) is 1. The molecular formula is C12H18ClN3O. The molecule has 0 radical (unpaired) electrons. The quantitative estimate of drug-likeness (QED) is 0.896. The molecule has 1 saturated heterocycles. The van der Waals surface area contributed by atoms with Crippen LogP contribution in [0, 0.1) is 0 Å². The molecule has 2 N–H and O–H groups in total. The third-order valence-electron chi connectivity index (χ3n) is 3.21. The highest BCUT2D eigenvalue weighted by molar-refractivity contribution is 6.30. The molecule has 2 rings (SSSR count). The van der Waals surface area contributed by atoms with Gasteiger partial charge >= 0.3 is 0 Å². The number of likely N-dealkylation sites (tertiary alicyclic amines) is 1. The zero-order valence-corrected chi connectivity index (χ0v) is 10.8. The van der Waals surface area contributed by atoms with Gasteiger partial charge in [-0.2, -0.15) is 0 Å². The van der Waals surface area contributed by atoms with Crippen LogP contribution in [-0.2, 0) is 0 Å². The van der Waals surface area contributed by atoms with E-state index >= 15 is 0 Å². The largest absolute Gasteiger partial charge is 0.476 e. The fourth-order valence-electron chi connectivity index (χ4n) is 2.20. The third-order valence-corrected chi connectivity index (χ3v) is 3.41. The van der Waals surface area contributed by atoms with Crippen LogP contribution in [0.2, 0.25) is 5.02 Å². The summed E-state index contributed by atoms with van der Waals surface area (Å²) in [5, 5.41) is 0.533. The Hall–Kier alpha value is -1.00. The molecule has 1 aliphatic rings. The highest BCUT2D eigenvalue weighted by Gasteiger charge is 2.20. The smallest absolute Gasteiger partial charge is 0.237 e. The average Bonchev–Trinajstić information content (AvgIpc) is 2.68. The van der Waals surface area contributed by atoms with Gasteiger partial charge in [0.2, 0.25) is 5.88 Å². The Morgan fingerprint density at radius 1 is 1.65 bits per heavy atom. The molecule has 0 saturated carbocycles. The number of aromatic nitrogens is 1. The van der Waals surface area contributed by atoms with Gasteiger partial charge in [-0.3, -0.25) is 0 Å². The SMILES string of the molecule is CN1CCCC1CCOc1ncc(Cl)cc1N. The van der Waals surface area contributed by atoms with E-state index in [0.717, 1.165) is 6.42 Å². The molecule has 1 atom stereocenters. The van der Waals surface area contributed by atoms with Gasteiger partial charge in [0, 0.05) is 12.2 Å². The van der Waals surface area contributed by atoms with Gasteiger partial charge in [0.05, 0.1) is 17.3 Å². The van der Waals surface area contributed by atoms with Gasteiger partial charge in [0.15, 0.2) is 0 Å². The number of nitrogen functional groups attached to an aromatic ring is 1. The first-order valence-corrected chi connectivity index (χ1v) is 6.28. The van der Waals surface area contributed by atoms with Gasteiger partial charge < -0.3 is 15.4 Å². The lowest BCUT2D eigenvalue weighted by Gasteiger charge is -2.19. The van der Waals surface area contributed by atoms with Crippen LogP contribution in [0.15, 0.2) is 12.3 Å². The zero-order chi connectivity index (χ0) is 12.3. The standard InChI is InChI=1S/C12H18ClN3O/c1-16-5-2-3-10(16)4-6-17-12-11(14)7-9(13)8-15-12/h7-8,10H,2-6,14H2,1H3. The summed E-state index contributed by atoms with van der Waals surface area (Å²) in [6, 6.07) is 2.29. The molecule has 4 nitrogen and oxygen atoms in total. The molecule has 2 heterocycles. The van der Waals surface area contributed by atoms with Crippen molar-refractivity contribution in [3.8, 4) is 5.88 Å². The molecule has 1 aromatic heterocycles. The van der Waals surface area contributed by atoms with Gasteiger partial charge in [-0.25, -0.2) is 4.98 Å². The summed E-state index contributed by atoms with van der Waals surface area (Å²) in [6.07, 6.45) is 5.10. The molecular weight excluding hydrogens is 238 g/mol. The number of anilines is 1. The predicted molar refractivity (Wildman–Crippen MR) is 69.4 cm³/mol. The summed E-state index contributed by atoms with van der Waals surface area (Å²) in [7, 11) is 2.16. The molecule has 1 aliphatic heterocycles. The second kappa shape index (κ2) is 5.56. The van der Waals surface area contributed by atoms with Crippen LogP contribution in [0.3, 0.4) is 0 Å². The molecule has 0 aromatic carbocycles. The van der Waals surface area contributed by atoms with E-state index in [-0.39, 0.29) is 0 Å². The molecule has 0 spiro atoms. The first-order valence-electron chi connectivity index (χ1n) is 5.91. The van der Waals surface area contributed by atoms with E-state index in [0.29, 0.717) is 29.2 Å². The number of nitrogens with zero attached hydrogens (tertiary/aromatic N) is 2. The minimum absolute atomic E-state index is 0.482. The second-order valence-electron chi connectivity index (χ2n) is 4.46. The molecule has 1 fully saturated rings. The number of rotatable bonds is 4. The summed E-state index contributed by atoms with van der Waals surface area (Å²) >= 11 is 5.77. The zero-order valence-electron chi connectivity index (χ0n) is 10.0. The van der Waals surface area contributed by atoms with Gasteiger partial charge in [-0.1, -0.05) is 11.6 Å². The normalized spacial score (nSPS) is 20.7. The van der Waals surface area contributed by atoms with Crippen molar-refractivity contribution in [2.75, 3.05) is 25.9 Å². The molecule has 94 valence electrons. The Morgan fingerprint density at radius 3 is 3.12 bits per heavy atom. The number of pyridine rings is 1. The molecule has 0 amide bonds. The molecule has 1 unspecified atom stereocenters. The Labute approximate surface area is 107 Å². The molecule has 0 aliphatic carbocycles. The fraction of sp³-hybridized carbons (Fsp3) is 0.583. The van der Waals surface area contributed by atoms with Gasteiger partial charge in [0.25, 0.3) is 0 Å². The van der Waals surface area contributed by atoms with Crippen LogP contribution in [0.4, 0.5) is 5.69 Å². The van der Waals surface area contributed by atoms with E-state index < -0.39 is 0 Å². The third kappa shape index (κ3) is 3.23. The summed E-state index contributed by atoms with van der Waals surface area (Å²) in [6.45, 7) is 1.83. The Balaban J connectivity index is 1.81. The summed E-state index contributed by atoms with van der Waals surface area (Å²) in [5.41, 5.74) is 6.26. The highest BCUT2D eigenvalue weighted by Crippen LogP contribution is 2.23. The number of hydrogen-bond donors (Lipinski definition) is 1. The lowest BCUT2D eigenvalue weighted by molar-refractivity contribution is 0.229. The van der Waals surface area contributed by atoms with Gasteiger partial charge in [-0.05, 0) is 38.9 Å². The molecule has 0 bridgehead atoms. The topological polar surface area (TPSA) is 51.4 Å². The van der Waals surface area contributed by atoms with E-state index in [4.69, 9.17) is 22.1 Å². The van der Waals surface area contributed by atoms with E-state index in [1.165, 1.54) is 19.4 Å². The number of halogens is 1. The number of nitrogens with two attached hydrogens (primary N) is 1. The van der Waals surface area contributed by atoms with Crippen LogP contribution >= 0.6 is 11.6 Å². The maximum atomic E-state index is 5.77.